The third-order valence-electron chi connectivity index (χ3n) is 4.22. The Hall–Kier alpha value is -2.05. The number of nitrogens with zero attached hydrogens (tertiary/aromatic N) is 4. The summed E-state index contributed by atoms with van der Waals surface area (Å²) in [6.45, 7) is 4.97. The van der Waals surface area contributed by atoms with Crippen LogP contribution < -0.4 is 0 Å². The molecule has 118 valence electrons. The number of aromatic nitrogens is 3. The van der Waals surface area contributed by atoms with Crippen LogP contribution in [0.15, 0.2) is 34.7 Å². The van der Waals surface area contributed by atoms with Gasteiger partial charge in [-0.1, -0.05) is 0 Å². The van der Waals surface area contributed by atoms with E-state index in [1.165, 1.54) is 11.3 Å². The first-order valence-electron chi connectivity index (χ1n) is 7.78. The summed E-state index contributed by atoms with van der Waals surface area (Å²) in [6.07, 6.45) is 7.02. The largest absolute Gasteiger partial charge is 0.472 e. The van der Waals surface area contributed by atoms with Crippen LogP contribution in [0.25, 0.3) is 11.3 Å². The van der Waals surface area contributed by atoms with Gasteiger partial charge < -0.3 is 4.42 Å². The molecule has 0 atom stereocenters. The number of thiazole rings is 1. The highest BCUT2D eigenvalue weighted by Crippen LogP contribution is 2.26. The quantitative estimate of drug-likeness (QED) is 0.740. The molecule has 0 bridgehead atoms. The van der Waals surface area contributed by atoms with Gasteiger partial charge in [-0.25, -0.2) is 15.0 Å². The van der Waals surface area contributed by atoms with Gasteiger partial charge in [0, 0.05) is 48.3 Å². The van der Waals surface area contributed by atoms with Gasteiger partial charge in [0.15, 0.2) is 0 Å². The summed E-state index contributed by atoms with van der Waals surface area (Å²) in [5, 5.41) is 3.29. The van der Waals surface area contributed by atoms with E-state index in [1.807, 2.05) is 6.07 Å². The van der Waals surface area contributed by atoms with E-state index >= 15 is 0 Å². The Morgan fingerprint density at radius 3 is 2.96 bits per heavy atom. The van der Waals surface area contributed by atoms with E-state index in [4.69, 9.17) is 4.42 Å². The number of hydrogen-bond donors (Lipinski definition) is 0. The van der Waals surface area contributed by atoms with Crippen LogP contribution in [0.5, 0.6) is 0 Å². The van der Waals surface area contributed by atoms with Gasteiger partial charge in [0.05, 0.1) is 28.9 Å². The fourth-order valence-corrected chi connectivity index (χ4v) is 3.69. The third kappa shape index (κ3) is 3.04. The Morgan fingerprint density at radius 2 is 2.17 bits per heavy atom. The zero-order chi connectivity index (χ0) is 15.6. The average Bonchev–Trinajstić information content (AvgIpc) is 3.17. The van der Waals surface area contributed by atoms with E-state index in [2.05, 4.69) is 32.2 Å². The number of aryl methyl sites for hydroxylation is 1. The van der Waals surface area contributed by atoms with Gasteiger partial charge in [-0.15, -0.1) is 11.3 Å². The third-order valence-corrected chi connectivity index (χ3v) is 5.05. The Bertz CT molecular complexity index is 797. The highest BCUT2D eigenvalue weighted by Gasteiger charge is 2.20. The molecule has 6 heteroatoms. The van der Waals surface area contributed by atoms with Crippen molar-refractivity contribution < 1.29 is 4.42 Å². The zero-order valence-electron chi connectivity index (χ0n) is 13.0. The molecule has 3 aromatic heterocycles. The maximum absolute atomic E-state index is 5.22. The maximum atomic E-state index is 5.22. The number of hydrogen-bond acceptors (Lipinski definition) is 6. The van der Waals surface area contributed by atoms with E-state index in [0.717, 1.165) is 54.4 Å². The topological polar surface area (TPSA) is 55.1 Å². The van der Waals surface area contributed by atoms with Crippen LogP contribution in [0.4, 0.5) is 0 Å². The Labute approximate surface area is 139 Å². The van der Waals surface area contributed by atoms with Crippen LogP contribution in [0.3, 0.4) is 0 Å². The molecule has 23 heavy (non-hydrogen) atoms. The molecule has 4 heterocycles. The lowest BCUT2D eigenvalue weighted by atomic mass is 10.0. The molecule has 0 aliphatic carbocycles. The van der Waals surface area contributed by atoms with Gasteiger partial charge in [-0.05, 0) is 19.4 Å². The van der Waals surface area contributed by atoms with Crippen molar-refractivity contribution in [3.63, 3.8) is 0 Å². The lowest BCUT2D eigenvalue weighted by molar-refractivity contribution is 0.276. The summed E-state index contributed by atoms with van der Waals surface area (Å²) in [5.41, 5.74) is 5.63. The first kappa shape index (κ1) is 14.5. The van der Waals surface area contributed by atoms with Crippen molar-refractivity contribution in [2.45, 2.75) is 26.3 Å². The minimum absolute atomic E-state index is 0.910. The van der Waals surface area contributed by atoms with Crippen molar-refractivity contribution in [2.24, 2.45) is 0 Å². The van der Waals surface area contributed by atoms with E-state index in [9.17, 15) is 0 Å². The molecule has 3 aromatic rings. The minimum atomic E-state index is 0.910. The fraction of sp³-hybridized carbons (Fsp3) is 0.353. The first-order valence-corrected chi connectivity index (χ1v) is 8.66. The molecule has 4 rings (SSSR count). The standard InChI is InChI=1S/C17H18N4OS/c1-12-20-14(10-23-12)8-21-5-2-15-16(3-6-21)18-11-19-17(15)13-4-7-22-9-13/h4,7,9-11H,2-3,5-6,8H2,1H3. The smallest absolute Gasteiger partial charge is 0.116 e. The minimum Gasteiger partial charge on any atom is -0.472 e. The van der Waals surface area contributed by atoms with Crippen molar-refractivity contribution in [2.75, 3.05) is 13.1 Å². The Kier molecular flexibility index (Phi) is 3.93. The molecule has 0 radical (unpaired) electrons. The zero-order valence-corrected chi connectivity index (χ0v) is 13.8. The number of rotatable bonds is 3. The number of furan rings is 1. The van der Waals surface area contributed by atoms with Crippen LogP contribution in [0.2, 0.25) is 0 Å². The summed E-state index contributed by atoms with van der Waals surface area (Å²) in [6, 6.07) is 1.96. The molecule has 0 spiro atoms. The molecule has 0 saturated heterocycles. The van der Waals surface area contributed by atoms with Crippen molar-refractivity contribution in [1.29, 1.82) is 0 Å². The normalized spacial score (nSPS) is 15.3. The molecule has 0 unspecified atom stereocenters. The molecule has 0 N–H and O–H groups in total. The lowest BCUT2D eigenvalue weighted by Gasteiger charge is -2.18. The van der Waals surface area contributed by atoms with Gasteiger partial charge in [0.25, 0.3) is 0 Å². The Balaban J connectivity index is 1.56. The molecule has 5 nitrogen and oxygen atoms in total. The van der Waals surface area contributed by atoms with Crippen molar-refractivity contribution >= 4 is 11.3 Å². The van der Waals surface area contributed by atoms with Crippen LogP contribution >= 0.6 is 11.3 Å². The molecule has 0 saturated carbocycles. The van der Waals surface area contributed by atoms with Crippen LogP contribution in [-0.4, -0.2) is 32.9 Å². The highest BCUT2D eigenvalue weighted by atomic mass is 32.1. The van der Waals surface area contributed by atoms with Crippen molar-refractivity contribution in [1.82, 2.24) is 19.9 Å². The summed E-state index contributed by atoms with van der Waals surface area (Å²) in [7, 11) is 0. The second-order valence-electron chi connectivity index (χ2n) is 5.79. The summed E-state index contributed by atoms with van der Waals surface area (Å²) in [4.78, 5) is 16.0. The molecule has 0 amide bonds. The second-order valence-corrected chi connectivity index (χ2v) is 6.86. The van der Waals surface area contributed by atoms with Gasteiger partial charge in [-0.3, -0.25) is 4.90 Å². The summed E-state index contributed by atoms with van der Waals surface area (Å²) >= 11 is 1.72. The van der Waals surface area contributed by atoms with E-state index < -0.39 is 0 Å². The average molecular weight is 326 g/mol. The van der Waals surface area contributed by atoms with Gasteiger partial charge >= 0.3 is 0 Å². The predicted octanol–water partition coefficient (Wildman–Crippen LogP) is 3.10. The monoisotopic (exact) mass is 326 g/mol. The van der Waals surface area contributed by atoms with Crippen LogP contribution in [0.1, 0.15) is 22.0 Å². The van der Waals surface area contributed by atoms with E-state index in [-0.39, 0.29) is 0 Å². The Morgan fingerprint density at radius 1 is 1.26 bits per heavy atom. The molecule has 1 aliphatic rings. The highest BCUT2D eigenvalue weighted by molar-refractivity contribution is 7.09. The van der Waals surface area contributed by atoms with Gasteiger partial charge in [0.2, 0.25) is 0 Å². The lowest BCUT2D eigenvalue weighted by Crippen LogP contribution is -2.26. The van der Waals surface area contributed by atoms with Gasteiger partial charge in [-0.2, -0.15) is 0 Å². The second kappa shape index (κ2) is 6.22. The molecule has 0 aromatic carbocycles. The predicted molar refractivity (Wildman–Crippen MR) is 89.3 cm³/mol. The summed E-state index contributed by atoms with van der Waals surface area (Å²) < 4.78 is 5.22. The SMILES string of the molecule is Cc1nc(CN2CCc3ncnc(-c4ccoc4)c3CC2)cs1. The first-order chi connectivity index (χ1) is 11.3. The van der Waals surface area contributed by atoms with Crippen molar-refractivity contribution in [3.8, 4) is 11.3 Å². The van der Waals surface area contributed by atoms with E-state index in [0.29, 0.717) is 0 Å². The molecular weight excluding hydrogens is 308 g/mol. The van der Waals surface area contributed by atoms with Crippen LogP contribution in [0, 0.1) is 6.92 Å². The summed E-state index contributed by atoms with van der Waals surface area (Å²) in [5.74, 6) is 0. The molecule has 0 fully saturated rings. The maximum Gasteiger partial charge on any atom is 0.116 e. The van der Waals surface area contributed by atoms with Gasteiger partial charge in [0.1, 0.15) is 6.33 Å². The number of fused-ring (bicyclic) bond motifs is 1. The molecular formula is C17H18N4OS. The molecule has 1 aliphatic heterocycles. The fourth-order valence-electron chi connectivity index (χ4n) is 3.09. The van der Waals surface area contributed by atoms with Crippen molar-refractivity contribution in [3.05, 3.63) is 52.3 Å². The van der Waals surface area contributed by atoms with Crippen LogP contribution in [-0.2, 0) is 19.4 Å². The van der Waals surface area contributed by atoms with E-state index in [1.54, 1.807) is 30.2 Å².